The summed E-state index contributed by atoms with van der Waals surface area (Å²) in [4.78, 5) is 16.8. The van der Waals surface area contributed by atoms with E-state index in [-0.39, 0.29) is 16.8 Å². The van der Waals surface area contributed by atoms with Gasteiger partial charge in [0.25, 0.3) is 15.9 Å². The number of sulfonamides is 1. The molecule has 1 unspecified atom stereocenters. The lowest BCUT2D eigenvalue weighted by Crippen LogP contribution is -2.27. The van der Waals surface area contributed by atoms with Crippen molar-refractivity contribution in [1.29, 1.82) is 0 Å². The van der Waals surface area contributed by atoms with Gasteiger partial charge in [-0.3, -0.25) is 14.5 Å². The first-order valence-electron chi connectivity index (χ1n) is 9.67. The molecule has 160 valence electrons. The molecule has 2 aromatic carbocycles. The van der Waals surface area contributed by atoms with Gasteiger partial charge in [0.2, 0.25) is 0 Å². The highest BCUT2D eigenvalue weighted by molar-refractivity contribution is 7.92. The maximum absolute atomic E-state index is 12.7. The fourth-order valence-corrected chi connectivity index (χ4v) is 4.15. The van der Waals surface area contributed by atoms with E-state index in [1.54, 1.807) is 24.4 Å². The molecule has 0 bridgehead atoms. The maximum atomic E-state index is 12.7. The number of aromatic nitrogens is 1. The summed E-state index contributed by atoms with van der Waals surface area (Å²) < 4.78 is 38.8. The molecule has 2 heterocycles. The molecule has 0 saturated carbocycles. The minimum absolute atomic E-state index is 0.0581. The Hall–Kier alpha value is -3.59. The zero-order chi connectivity index (χ0) is 21.8. The Morgan fingerprint density at radius 2 is 1.74 bits per heavy atom. The number of hydrogen-bond acceptors (Lipinski definition) is 6. The van der Waals surface area contributed by atoms with Crippen molar-refractivity contribution in [3.8, 4) is 11.5 Å². The maximum Gasteiger partial charge on any atom is 0.262 e. The number of fused-ring (bicyclic) bond motifs is 1. The number of nitrogens with one attached hydrogen (secondary N) is 2. The Balaban J connectivity index is 1.44. The lowest BCUT2D eigenvalue weighted by Gasteiger charge is -2.19. The second kappa shape index (κ2) is 8.65. The molecule has 31 heavy (non-hydrogen) atoms. The van der Waals surface area contributed by atoms with Crippen LogP contribution < -0.4 is 19.5 Å². The van der Waals surface area contributed by atoms with Crippen LogP contribution in [0.2, 0.25) is 0 Å². The molecule has 1 aromatic heterocycles. The standard InChI is InChI=1S/C22H21N3O5S/c1-15(19-4-2-3-11-23-19)24-22(26)16-5-7-17(8-6-16)25-31(27,28)18-9-10-20-21(14-18)30-13-12-29-20/h2-11,14-15,25H,12-13H2,1H3,(H,24,26). The summed E-state index contributed by atoms with van der Waals surface area (Å²) >= 11 is 0. The zero-order valence-electron chi connectivity index (χ0n) is 16.7. The van der Waals surface area contributed by atoms with Crippen LogP contribution >= 0.6 is 0 Å². The summed E-state index contributed by atoms with van der Waals surface area (Å²) in [6.07, 6.45) is 1.67. The molecule has 9 heteroatoms. The zero-order valence-corrected chi connectivity index (χ0v) is 17.6. The highest BCUT2D eigenvalue weighted by Crippen LogP contribution is 2.32. The highest BCUT2D eigenvalue weighted by atomic mass is 32.2. The van der Waals surface area contributed by atoms with Crippen LogP contribution in [-0.2, 0) is 10.0 Å². The molecule has 4 rings (SSSR count). The molecule has 1 aliphatic heterocycles. The van der Waals surface area contributed by atoms with E-state index in [2.05, 4.69) is 15.0 Å². The number of carbonyl (C=O) groups excluding carboxylic acids is 1. The molecule has 0 saturated heterocycles. The monoisotopic (exact) mass is 439 g/mol. The highest BCUT2D eigenvalue weighted by Gasteiger charge is 2.20. The third kappa shape index (κ3) is 4.77. The number of benzene rings is 2. The van der Waals surface area contributed by atoms with Crippen LogP contribution in [0, 0.1) is 0 Å². The minimum atomic E-state index is -3.83. The Bertz CT molecular complexity index is 1180. The number of rotatable bonds is 6. The summed E-state index contributed by atoms with van der Waals surface area (Å²) in [5.74, 6) is 0.628. The minimum Gasteiger partial charge on any atom is -0.486 e. The number of anilines is 1. The molecular weight excluding hydrogens is 418 g/mol. The smallest absolute Gasteiger partial charge is 0.262 e. The first kappa shape index (κ1) is 20.7. The van der Waals surface area contributed by atoms with Gasteiger partial charge in [-0.15, -0.1) is 0 Å². The van der Waals surface area contributed by atoms with Crippen LogP contribution in [0.5, 0.6) is 11.5 Å². The average Bonchev–Trinajstić information content (AvgIpc) is 2.79. The Labute approximate surface area is 180 Å². The molecule has 8 nitrogen and oxygen atoms in total. The van der Waals surface area contributed by atoms with E-state index in [4.69, 9.17) is 9.47 Å². The van der Waals surface area contributed by atoms with Gasteiger partial charge in [-0.1, -0.05) is 6.07 Å². The average molecular weight is 439 g/mol. The summed E-state index contributed by atoms with van der Waals surface area (Å²) in [5.41, 5.74) is 1.49. The van der Waals surface area contributed by atoms with Crippen molar-refractivity contribution in [2.75, 3.05) is 17.9 Å². The fourth-order valence-electron chi connectivity index (χ4n) is 3.08. The van der Waals surface area contributed by atoms with Gasteiger partial charge in [0, 0.05) is 23.5 Å². The first-order chi connectivity index (χ1) is 14.9. The van der Waals surface area contributed by atoms with E-state index < -0.39 is 10.0 Å². The van der Waals surface area contributed by atoms with Crippen LogP contribution in [0.25, 0.3) is 0 Å². The van der Waals surface area contributed by atoms with Gasteiger partial charge in [-0.25, -0.2) is 8.42 Å². The summed E-state index contributed by atoms with van der Waals surface area (Å²) in [7, 11) is -3.83. The van der Waals surface area contributed by atoms with Crippen LogP contribution in [0.3, 0.4) is 0 Å². The summed E-state index contributed by atoms with van der Waals surface area (Å²) in [5, 5.41) is 2.87. The first-order valence-corrected chi connectivity index (χ1v) is 11.1. The van der Waals surface area contributed by atoms with E-state index >= 15 is 0 Å². The fraction of sp³-hybridized carbons (Fsp3) is 0.182. The van der Waals surface area contributed by atoms with Crippen LogP contribution in [0.1, 0.15) is 29.0 Å². The van der Waals surface area contributed by atoms with Crippen molar-refractivity contribution in [2.45, 2.75) is 17.9 Å². The third-order valence-corrected chi connectivity index (χ3v) is 6.08. The largest absolute Gasteiger partial charge is 0.486 e. The Morgan fingerprint density at radius 3 is 2.45 bits per heavy atom. The Morgan fingerprint density at radius 1 is 1.00 bits per heavy atom. The van der Waals surface area contributed by atoms with Gasteiger partial charge in [0.1, 0.15) is 13.2 Å². The van der Waals surface area contributed by atoms with Gasteiger partial charge >= 0.3 is 0 Å². The molecule has 2 N–H and O–H groups in total. The van der Waals surface area contributed by atoms with Crippen molar-refractivity contribution < 1.29 is 22.7 Å². The van der Waals surface area contributed by atoms with E-state index in [1.165, 1.54) is 24.3 Å². The van der Waals surface area contributed by atoms with Gasteiger partial charge in [-0.2, -0.15) is 0 Å². The van der Waals surface area contributed by atoms with Gasteiger partial charge in [-0.05, 0) is 55.5 Å². The number of pyridine rings is 1. The lowest BCUT2D eigenvalue weighted by molar-refractivity contribution is 0.0939. The Kier molecular flexibility index (Phi) is 5.77. The predicted octanol–water partition coefficient (Wildman–Crippen LogP) is 3.14. The number of carbonyl (C=O) groups is 1. The molecule has 1 amide bonds. The van der Waals surface area contributed by atoms with Gasteiger partial charge in [0.05, 0.1) is 16.6 Å². The van der Waals surface area contributed by atoms with Crippen LogP contribution in [0.4, 0.5) is 5.69 Å². The molecular formula is C22H21N3O5S. The molecule has 1 atom stereocenters. The number of nitrogens with zero attached hydrogens (tertiary/aromatic N) is 1. The van der Waals surface area contributed by atoms with Crippen molar-refractivity contribution in [1.82, 2.24) is 10.3 Å². The van der Waals surface area contributed by atoms with Crippen LogP contribution in [0.15, 0.2) is 71.8 Å². The number of ether oxygens (including phenoxy) is 2. The quantitative estimate of drug-likeness (QED) is 0.611. The normalized spacial score (nSPS) is 13.8. The van der Waals surface area contributed by atoms with E-state index in [0.29, 0.717) is 36.0 Å². The van der Waals surface area contributed by atoms with E-state index in [1.807, 2.05) is 25.1 Å². The summed E-state index contributed by atoms with van der Waals surface area (Å²) in [6, 6.07) is 15.9. The van der Waals surface area contributed by atoms with Crippen molar-refractivity contribution in [3.05, 3.63) is 78.1 Å². The van der Waals surface area contributed by atoms with Gasteiger partial charge in [0.15, 0.2) is 11.5 Å². The second-order valence-electron chi connectivity index (χ2n) is 6.94. The lowest BCUT2D eigenvalue weighted by atomic mass is 10.1. The predicted molar refractivity (Wildman–Crippen MR) is 115 cm³/mol. The molecule has 0 fully saturated rings. The SMILES string of the molecule is CC(NC(=O)c1ccc(NS(=O)(=O)c2ccc3c(c2)OCCO3)cc1)c1ccccn1. The molecule has 0 aliphatic carbocycles. The third-order valence-electron chi connectivity index (χ3n) is 4.70. The molecule has 3 aromatic rings. The van der Waals surface area contributed by atoms with Gasteiger partial charge < -0.3 is 14.8 Å². The van der Waals surface area contributed by atoms with Crippen molar-refractivity contribution in [2.24, 2.45) is 0 Å². The summed E-state index contributed by atoms with van der Waals surface area (Å²) in [6.45, 7) is 2.64. The van der Waals surface area contributed by atoms with Crippen LogP contribution in [-0.4, -0.2) is 32.5 Å². The number of hydrogen-bond donors (Lipinski definition) is 2. The topological polar surface area (TPSA) is 107 Å². The van der Waals surface area contributed by atoms with Crippen molar-refractivity contribution >= 4 is 21.6 Å². The number of amides is 1. The van der Waals surface area contributed by atoms with E-state index in [9.17, 15) is 13.2 Å². The second-order valence-corrected chi connectivity index (χ2v) is 8.62. The molecule has 0 spiro atoms. The van der Waals surface area contributed by atoms with E-state index in [0.717, 1.165) is 5.69 Å². The molecule has 1 aliphatic rings. The van der Waals surface area contributed by atoms with Crippen molar-refractivity contribution in [3.63, 3.8) is 0 Å². The molecule has 0 radical (unpaired) electrons.